The van der Waals surface area contributed by atoms with Crippen LogP contribution in [-0.2, 0) is 4.79 Å². The fraction of sp³-hybridized carbons (Fsp3) is 0.136. The van der Waals surface area contributed by atoms with E-state index in [4.69, 9.17) is 0 Å². The first kappa shape index (κ1) is 16.0. The molecule has 0 aliphatic rings. The smallest absolute Gasteiger partial charge is 0.217 e. The van der Waals surface area contributed by atoms with Crippen LogP contribution >= 0.6 is 0 Å². The highest BCUT2D eigenvalue weighted by Crippen LogP contribution is 2.36. The Balaban J connectivity index is 2.12. The molecular formula is C22H21NO. The van der Waals surface area contributed by atoms with E-state index in [1.807, 2.05) is 54.6 Å². The summed E-state index contributed by atoms with van der Waals surface area (Å²) in [5.74, 6) is 0.0272. The minimum Gasteiger partial charge on any atom is -0.349 e. The molecule has 1 atom stereocenters. The average Bonchev–Trinajstić information content (AvgIpc) is 2.63. The zero-order valence-electron chi connectivity index (χ0n) is 13.7. The topological polar surface area (TPSA) is 29.1 Å². The van der Waals surface area contributed by atoms with E-state index in [9.17, 15) is 4.79 Å². The van der Waals surface area contributed by atoms with Crippen LogP contribution in [0.15, 0.2) is 91.0 Å². The zero-order valence-corrected chi connectivity index (χ0v) is 13.7. The SMILES string of the molecule is CC(=O)N[C@@H](c1ccccc1)C(c1ccccc1)c1ccccc1. The van der Waals surface area contributed by atoms with Crippen LogP contribution in [0, 0.1) is 0 Å². The maximum atomic E-state index is 11.9. The molecule has 2 heteroatoms. The minimum atomic E-state index is -0.117. The van der Waals surface area contributed by atoms with Crippen LogP contribution in [0.1, 0.15) is 35.6 Å². The molecule has 0 radical (unpaired) electrons. The van der Waals surface area contributed by atoms with E-state index in [1.54, 1.807) is 6.92 Å². The van der Waals surface area contributed by atoms with Crippen molar-refractivity contribution < 1.29 is 4.79 Å². The summed E-state index contributed by atoms with van der Waals surface area (Å²) in [7, 11) is 0. The number of hydrogen-bond acceptors (Lipinski definition) is 1. The molecule has 0 bridgehead atoms. The summed E-state index contributed by atoms with van der Waals surface area (Å²) < 4.78 is 0. The monoisotopic (exact) mass is 315 g/mol. The molecule has 2 nitrogen and oxygen atoms in total. The van der Waals surface area contributed by atoms with Gasteiger partial charge < -0.3 is 5.32 Å². The molecule has 3 aromatic carbocycles. The van der Waals surface area contributed by atoms with Crippen molar-refractivity contribution in [3.05, 3.63) is 108 Å². The first-order valence-electron chi connectivity index (χ1n) is 8.17. The van der Waals surface area contributed by atoms with Crippen molar-refractivity contribution in [3.63, 3.8) is 0 Å². The Morgan fingerprint density at radius 1 is 0.667 bits per heavy atom. The summed E-state index contributed by atoms with van der Waals surface area (Å²) in [5, 5.41) is 3.15. The van der Waals surface area contributed by atoms with Gasteiger partial charge in [0.1, 0.15) is 0 Å². The fourth-order valence-electron chi connectivity index (χ4n) is 3.14. The van der Waals surface area contributed by atoms with Crippen molar-refractivity contribution in [1.29, 1.82) is 0 Å². The largest absolute Gasteiger partial charge is 0.349 e. The molecule has 0 unspecified atom stereocenters. The Hall–Kier alpha value is -2.87. The van der Waals surface area contributed by atoms with Gasteiger partial charge >= 0.3 is 0 Å². The first-order chi connectivity index (χ1) is 11.8. The number of rotatable bonds is 5. The standard InChI is InChI=1S/C22H21NO/c1-17(24)23-22(20-15-9-4-10-16-20)21(18-11-5-2-6-12-18)19-13-7-3-8-14-19/h2-16,21-22H,1H3,(H,23,24)/t22-/m0/s1. The summed E-state index contributed by atoms with van der Waals surface area (Å²) in [4.78, 5) is 11.9. The lowest BCUT2D eigenvalue weighted by Crippen LogP contribution is -2.31. The Bertz CT molecular complexity index is 729. The molecule has 0 heterocycles. The lowest BCUT2D eigenvalue weighted by atomic mass is 9.82. The number of benzene rings is 3. The molecule has 0 aliphatic heterocycles. The number of amides is 1. The van der Waals surface area contributed by atoms with Crippen molar-refractivity contribution in [1.82, 2.24) is 5.32 Å². The van der Waals surface area contributed by atoms with E-state index < -0.39 is 0 Å². The highest BCUT2D eigenvalue weighted by molar-refractivity contribution is 5.73. The second-order valence-electron chi connectivity index (χ2n) is 5.89. The van der Waals surface area contributed by atoms with Crippen LogP contribution in [0.5, 0.6) is 0 Å². The Morgan fingerprint density at radius 2 is 1.04 bits per heavy atom. The number of carbonyl (C=O) groups excluding carboxylic acids is 1. The van der Waals surface area contributed by atoms with Crippen LogP contribution in [-0.4, -0.2) is 5.91 Å². The second-order valence-corrected chi connectivity index (χ2v) is 5.89. The van der Waals surface area contributed by atoms with Crippen molar-refractivity contribution >= 4 is 5.91 Å². The van der Waals surface area contributed by atoms with Crippen molar-refractivity contribution in [2.45, 2.75) is 18.9 Å². The van der Waals surface area contributed by atoms with E-state index >= 15 is 0 Å². The van der Waals surface area contributed by atoms with Crippen LogP contribution in [0.25, 0.3) is 0 Å². The van der Waals surface area contributed by atoms with Gasteiger partial charge in [0, 0.05) is 12.8 Å². The van der Waals surface area contributed by atoms with Gasteiger partial charge in [-0.1, -0.05) is 91.0 Å². The summed E-state index contributed by atoms with van der Waals surface area (Å²) in [6.45, 7) is 1.57. The lowest BCUT2D eigenvalue weighted by molar-refractivity contribution is -0.119. The quantitative estimate of drug-likeness (QED) is 0.727. The van der Waals surface area contributed by atoms with E-state index in [2.05, 4.69) is 41.7 Å². The molecule has 3 aromatic rings. The van der Waals surface area contributed by atoms with E-state index in [1.165, 1.54) is 11.1 Å². The number of nitrogens with one attached hydrogen (secondary N) is 1. The first-order valence-corrected chi connectivity index (χ1v) is 8.17. The lowest BCUT2D eigenvalue weighted by Gasteiger charge is -2.29. The number of carbonyl (C=O) groups is 1. The molecular weight excluding hydrogens is 294 g/mol. The minimum absolute atomic E-state index is 0.0271. The highest BCUT2D eigenvalue weighted by atomic mass is 16.1. The Morgan fingerprint density at radius 3 is 1.42 bits per heavy atom. The maximum Gasteiger partial charge on any atom is 0.217 e. The van der Waals surface area contributed by atoms with Crippen LogP contribution < -0.4 is 5.32 Å². The third-order valence-corrected chi connectivity index (χ3v) is 4.17. The molecule has 0 saturated carbocycles. The summed E-state index contributed by atoms with van der Waals surface area (Å²) in [6, 6.07) is 30.7. The zero-order chi connectivity index (χ0) is 16.8. The van der Waals surface area contributed by atoms with Crippen molar-refractivity contribution in [2.24, 2.45) is 0 Å². The van der Waals surface area contributed by atoms with Crippen molar-refractivity contribution in [3.8, 4) is 0 Å². The average molecular weight is 315 g/mol. The molecule has 1 amide bonds. The molecule has 0 aliphatic carbocycles. The molecule has 0 fully saturated rings. The van der Waals surface area contributed by atoms with Gasteiger partial charge in [-0.2, -0.15) is 0 Å². The van der Waals surface area contributed by atoms with Gasteiger partial charge in [0.15, 0.2) is 0 Å². The van der Waals surface area contributed by atoms with Crippen LogP contribution in [0.3, 0.4) is 0 Å². The van der Waals surface area contributed by atoms with Gasteiger partial charge in [-0.3, -0.25) is 4.79 Å². The molecule has 1 N–H and O–H groups in total. The van der Waals surface area contributed by atoms with Crippen LogP contribution in [0.4, 0.5) is 0 Å². The van der Waals surface area contributed by atoms with Crippen LogP contribution in [0.2, 0.25) is 0 Å². The molecule has 120 valence electrons. The van der Waals surface area contributed by atoms with E-state index in [0.717, 1.165) is 5.56 Å². The Labute approximate surface area is 143 Å². The van der Waals surface area contributed by atoms with Gasteiger partial charge in [0.2, 0.25) is 5.91 Å². The van der Waals surface area contributed by atoms with Gasteiger partial charge in [-0.25, -0.2) is 0 Å². The van der Waals surface area contributed by atoms with Gasteiger partial charge in [0.05, 0.1) is 6.04 Å². The fourth-order valence-corrected chi connectivity index (χ4v) is 3.14. The molecule has 0 spiro atoms. The third kappa shape index (κ3) is 3.72. The normalized spacial score (nSPS) is 11.9. The maximum absolute atomic E-state index is 11.9. The molecule has 0 aromatic heterocycles. The molecule has 3 rings (SSSR count). The van der Waals surface area contributed by atoms with Gasteiger partial charge in [0.25, 0.3) is 0 Å². The summed E-state index contributed by atoms with van der Waals surface area (Å²) >= 11 is 0. The van der Waals surface area contributed by atoms with E-state index in [-0.39, 0.29) is 17.9 Å². The van der Waals surface area contributed by atoms with Gasteiger partial charge in [-0.05, 0) is 16.7 Å². The predicted octanol–water partition coefficient (Wildman–Crippen LogP) is 4.70. The Kier molecular flexibility index (Phi) is 5.07. The van der Waals surface area contributed by atoms with E-state index in [0.29, 0.717) is 0 Å². The van der Waals surface area contributed by atoms with Crippen molar-refractivity contribution in [2.75, 3.05) is 0 Å². The third-order valence-electron chi connectivity index (χ3n) is 4.17. The second kappa shape index (κ2) is 7.60. The molecule has 0 saturated heterocycles. The highest BCUT2D eigenvalue weighted by Gasteiger charge is 2.27. The summed E-state index contributed by atoms with van der Waals surface area (Å²) in [5.41, 5.74) is 3.48. The number of hydrogen-bond donors (Lipinski definition) is 1. The predicted molar refractivity (Wildman–Crippen MR) is 97.7 cm³/mol. The van der Waals surface area contributed by atoms with Gasteiger partial charge in [-0.15, -0.1) is 0 Å². The summed E-state index contributed by atoms with van der Waals surface area (Å²) in [6.07, 6.45) is 0. The molecule has 24 heavy (non-hydrogen) atoms.